The average Bonchev–Trinajstić information content (AvgIpc) is 2.98. The second kappa shape index (κ2) is 8.43. The van der Waals surface area contributed by atoms with Crippen LogP contribution >= 0.6 is 11.8 Å². The van der Waals surface area contributed by atoms with Gasteiger partial charge in [-0.3, -0.25) is 4.79 Å². The number of aromatic nitrogens is 2. The van der Waals surface area contributed by atoms with Crippen LogP contribution in [0.15, 0.2) is 36.4 Å². The van der Waals surface area contributed by atoms with Crippen molar-refractivity contribution < 1.29 is 24.1 Å². The molecule has 0 fully saturated rings. The fraction of sp³-hybridized carbons (Fsp3) is 0.273. The van der Waals surface area contributed by atoms with Crippen LogP contribution in [0.5, 0.6) is 23.0 Å². The number of hydrogen-bond donors (Lipinski definition) is 2. The van der Waals surface area contributed by atoms with E-state index in [4.69, 9.17) is 19.3 Å². The number of nitrogens with one attached hydrogen (secondary N) is 1. The quantitative estimate of drug-likeness (QED) is 0.624. The highest BCUT2D eigenvalue weighted by atomic mass is 32.2. The SMILES string of the molecule is COc1ccc(-n2nc(C)c3c2NC(=O)CS[C@@H]3c2cc(OC)c(O)c(OC)c2)cc1. The van der Waals surface area contributed by atoms with Gasteiger partial charge in [0, 0.05) is 5.56 Å². The number of amides is 1. The van der Waals surface area contributed by atoms with Crippen LogP contribution in [0.4, 0.5) is 5.82 Å². The number of phenolic OH excluding ortho intramolecular Hbond substituents is 1. The van der Waals surface area contributed by atoms with Gasteiger partial charge in [0.2, 0.25) is 11.7 Å². The Hall–Kier alpha value is -3.33. The first-order valence-electron chi connectivity index (χ1n) is 9.57. The summed E-state index contributed by atoms with van der Waals surface area (Å²) in [5.41, 5.74) is 3.32. The second-order valence-corrected chi connectivity index (χ2v) is 8.06. The molecule has 162 valence electrons. The zero-order chi connectivity index (χ0) is 22.1. The molecule has 0 bridgehead atoms. The largest absolute Gasteiger partial charge is 0.502 e. The topological polar surface area (TPSA) is 94.8 Å². The number of fused-ring (bicyclic) bond motifs is 1. The van der Waals surface area contributed by atoms with Gasteiger partial charge in [0.25, 0.3) is 0 Å². The van der Waals surface area contributed by atoms with Crippen LogP contribution in [0.25, 0.3) is 5.69 Å². The van der Waals surface area contributed by atoms with Gasteiger partial charge in [0.15, 0.2) is 11.5 Å². The molecule has 2 N–H and O–H groups in total. The number of hydrogen-bond acceptors (Lipinski definition) is 7. The Kier molecular flexibility index (Phi) is 5.69. The third-order valence-electron chi connectivity index (χ3n) is 5.13. The van der Waals surface area contributed by atoms with Gasteiger partial charge >= 0.3 is 0 Å². The first kappa shape index (κ1) is 20.9. The number of carbonyl (C=O) groups excluding carboxylic acids is 1. The van der Waals surface area contributed by atoms with Crippen LogP contribution in [-0.4, -0.2) is 47.9 Å². The van der Waals surface area contributed by atoms with Gasteiger partial charge in [-0.25, -0.2) is 4.68 Å². The Morgan fingerprint density at radius 1 is 1.10 bits per heavy atom. The number of benzene rings is 2. The van der Waals surface area contributed by atoms with E-state index in [1.165, 1.54) is 26.0 Å². The molecular weight excluding hydrogens is 418 g/mol. The highest BCUT2D eigenvalue weighted by Crippen LogP contribution is 2.48. The zero-order valence-corrected chi connectivity index (χ0v) is 18.4. The van der Waals surface area contributed by atoms with Crippen molar-refractivity contribution in [3.05, 3.63) is 53.2 Å². The highest BCUT2D eigenvalue weighted by Gasteiger charge is 2.31. The zero-order valence-electron chi connectivity index (χ0n) is 17.6. The summed E-state index contributed by atoms with van der Waals surface area (Å²) >= 11 is 1.48. The number of phenols is 1. The minimum absolute atomic E-state index is 0.0625. The maximum atomic E-state index is 12.5. The molecular formula is C22H23N3O5S. The maximum Gasteiger partial charge on any atom is 0.235 e. The molecule has 1 aromatic heterocycles. The summed E-state index contributed by atoms with van der Waals surface area (Å²) in [5, 5.41) is 17.8. The van der Waals surface area contributed by atoms with Gasteiger partial charge in [-0.1, -0.05) is 0 Å². The normalized spacial score (nSPS) is 15.6. The number of carbonyl (C=O) groups is 1. The van der Waals surface area contributed by atoms with E-state index in [1.807, 2.05) is 31.2 Å². The molecule has 4 rings (SSSR count). The molecule has 8 nitrogen and oxygen atoms in total. The van der Waals surface area contributed by atoms with E-state index in [9.17, 15) is 9.90 Å². The Labute approximate surface area is 184 Å². The van der Waals surface area contributed by atoms with Gasteiger partial charge in [0.05, 0.1) is 43.7 Å². The average molecular weight is 442 g/mol. The summed E-state index contributed by atoms with van der Waals surface area (Å²) in [6.07, 6.45) is 0. The summed E-state index contributed by atoms with van der Waals surface area (Å²) < 4.78 is 17.6. The van der Waals surface area contributed by atoms with E-state index >= 15 is 0 Å². The summed E-state index contributed by atoms with van der Waals surface area (Å²) in [6.45, 7) is 1.92. The van der Waals surface area contributed by atoms with Crippen molar-refractivity contribution in [2.75, 3.05) is 32.4 Å². The van der Waals surface area contributed by atoms with Crippen molar-refractivity contribution in [2.24, 2.45) is 0 Å². The summed E-state index contributed by atoms with van der Waals surface area (Å²) in [6, 6.07) is 11.0. The first-order chi connectivity index (χ1) is 15.0. The van der Waals surface area contributed by atoms with E-state index in [-0.39, 0.29) is 22.7 Å². The molecule has 0 saturated heterocycles. The Bertz CT molecular complexity index is 1100. The molecule has 1 aliphatic heterocycles. The van der Waals surface area contributed by atoms with Crippen LogP contribution in [0.1, 0.15) is 22.1 Å². The third-order valence-corrected chi connectivity index (χ3v) is 6.40. The molecule has 0 aliphatic carbocycles. The second-order valence-electron chi connectivity index (χ2n) is 6.97. The monoisotopic (exact) mass is 441 g/mol. The number of rotatable bonds is 5. The highest BCUT2D eigenvalue weighted by molar-refractivity contribution is 8.00. The van der Waals surface area contributed by atoms with Gasteiger partial charge in [-0.15, -0.1) is 11.8 Å². The number of anilines is 1. The maximum absolute atomic E-state index is 12.5. The Morgan fingerprint density at radius 3 is 2.32 bits per heavy atom. The summed E-state index contributed by atoms with van der Waals surface area (Å²) in [4.78, 5) is 12.5. The van der Waals surface area contributed by atoms with Crippen LogP contribution in [0.2, 0.25) is 0 Å². The number of ether oxygens (including phenoxy) is 3. The molecule has 0 unspecified atom stereocenters. The smallest absolute Gasteiger partial charge is 0.235 e. The standard InChI is InChI=1S/C22H23N3O5S/c1-12-19-21(13-9-16(29-3)20(27)17(10-13)30-4)31-11-18(26)23-22(19)25(24-12)14-5-7-15(28-2)8-6-14/h5-10,21,27H,11H2,1-4H3,(H,23,26)/t21-/m1/s1. The van der Waals surface area contributed by atoms with Crippen molar-refractivity contribution in [1.29, 1.82) is 0 Å². The molecule has 3 aromatic rings. The molecule has 2 heterocycles. The fourth-order valence-electron chi connectivity index (χ4n) is 3.62. The van der Waals surface area contributed by atoms with Crippen LogP contribution < -0.4 is 19.5 Å². The molecule has 1 aliphatic rings. The van der Waals surface area contributed by atoms with Crippen molar-refractivity contribution in [3.8, 4) is 28.7 Å². The minimum Gasteiger partial charge on any atom is -0.502 e. The first-order valence-corrected chi connectivity index (χ1v) is 10.6. The van der Waals surface area contributed by atoms with Gasteiger partial charge in [0.1, 0.15) is 11.6 Å². The lowest BCUT2D eigenvalue weighted by molar-refractivity contribution is -0.113. The van der Waals surface area contributed by atoms with Crippen LogP contribution in [0.3, 0.4) is 0 Å². The van der Waals surface area contributed by atoms with E-state index in [0.717, 1.165) is 28.3 Å². The van der Waals surface area contributed by atoms with E-state index < -0.39 is 0 Å². The van der Waals surface area contributed by atoms with Gasteiger partial charge in [-0.05, 0) is 48.9 Å². The van der Waals surface area contributed by atoms with Gasteiger partial charge in [-0.2, -0.15) is 5.10 Å². The predicted molar refractivity (Wildman–Crippen MR) is 119 cm³/mol. The van der Waals surface area contributed by atoms with E-state index in [1.54, 1.807) is 23.9 Å². The number of methoxy groups -OCH3 is 3. The Morgan fingerprint density at radius 2 is 1.74 bits per heavy atom. The third kappa shape index (κ3) is 3.76. The molecule has 0 spiro atoms. The molecule has 9 heteroatoms. The lowest BCUT2D eigenvalue weighted by Crippen LogP contribution is -2.15. The minimum atomic E-state index is -0.218. The number of aryl methyl sites for hydroxylation is 1. The molecule has 0 radical (unpaired) electrons. The van der Waals surface area contributed by atoms with Crippen LogP contribution in [-0.2, 0) is 4.79 Å². The lowest BCUT2D eigenvalue weighted by Gasteiger charge is -2.18. The van der Waals surface area contributed by atoms with Crippen molar-refractivity contribution in [1.82, 2.24) is 9.78 Å². The van der Waals surface area contributed by atoms with E-state index in [0.29, 0.717) is 17.3 Å². The summed E-state index contributed by atoms with van der Waals surface area (Å²) in [7, 11) is 4.59. The number of thioether (sulfide) groups is 1. The number of nitrogens with zero attached hydrogens (tertiary/aromatic N) is 2. The van der Waals surface area contributed by atoms with Gasteiger partial charge < -0.3 is 24.6 Å². The Balaban J connectivity index is 1.87. The van der Waals surface area contributed by atoms with Crippen molar-refractivity contribution in [2.45, 2.75) is 12.2 Å². The van der Waals surface area contributed by atoms with E-state index in [2.05, 4.69) is 5.32 Å². The van der Waals surface area contributed by atoms with Crippen molar-refractivity contribution >= 4 is 23.5 Å². The van der Waals surface area contributed by atoms with Crippen LogP contribution in [0, 0.1) is 6.92 Å². The van der Waals surface area contributed by atoms with Crippen molar-refractivity contribution in [3.63, 3.8) is 0 Å². The number of aromatic hydroxyl groups is 1. The predicted octanol–water partition coefficient (Wildman–Crippen LogP) is 3.69. The lowest BCUT2D eigenvalue weighted by atomic mass is 10.0. The molecule has 1 atom stereocenters. The molecule has 2 aromatic carbocycles. The molecule has 1 amide bonds. The summed E-state index contributed by atoms with van der Waals surface area (Å²) in [5.74, 6) is 2.06. The molecule has 31 heavy (non-hydrogen) atoms. The molecule has 0 saturated carbocycles. The fourth-order valence-corrected chi connectivity index (χ4v) is 4.79.